The second-order valence-electron chi connectivity index (χ2n) is 12.9. The molecule has 2 saturated heterocycles. The Balaban J connectivity index is 1.13. The van der Waals surface area contributed by atoms with E-state index in [1.807, 2.05) is 28.0 Å². The number of aromatic nitrogens is 5. The average molecular weight is 593 g/mol. The SMILES string of the molecule is CC1CC/C(C2CC3CCC(C2)N3C(=O)C(N)=NC=N)=C(/C2CC2)C(=N)n2ncc(-c3cnc4c(c3)OCc3cn[nH]c3-4)c21. The molecule has 3 fully saturated rings. The number of pyridine rings is 1. The van der Waals surface area contributed by atoms with E-state index < -0.39 is 0 Å². The number of carbonyl (C=O) groups excluding carboxylic acids is 1. The normalized spacial score (nSPS) is 28.0. The highest BCUT2D eigenvalue weighted by Crippen LogP contribution is 2.49. The van der Waals surface area contributed by atoms with Crippen LogP contribution in [0.25, 0.3) is 22.5 Å². The lowest BCUT2D eigenvalue weighted by Crippen LogP contribution is -2.51. The van der Waals surface area contributed by atoms with Crippen molar-refractivity contribution in [1.82, 2.24) is 29.9 Å². The highest BCUT2D eigenvalue weighted by atomic mass is 16.5. The summed E-state index contributed by atoms with van der Waals surface area (Å²) in [5.41, 5.74) is 14.1. The number of aromatic amines is 1. The molecule has 2 bridgehead atoms. The smallest absolute Gasteiger partial charge is 0.289 e. The molecule has 5 N–H and O–H groups in total. The lowest BCUT2D eigenvalue weighted by Gasteiger charge is -2.41. The van der Waals surface area contributed by atoms with Crippen molar-refractivity contribution < 1.29 is 9.53 Å². The fraction of sp³-hybridized carbons (Fsp3) is 0.469. The van der Waals surface area contributed by atoms with Gasteiger partial charge in [0.05, 0.1) is 23.8 Å². The predicted molar refractivity (Wildman–Crippen MR) is 165 cm³/mol. The van der Waals surface area contributed by atoms with Crippen molar-refractivity contribution in [1.29, 1.82) is 10.8 Å². The number of fused-ring (bicyclic) bond motifs is 6. The van der Waals surface area contributed by atoms with E-state index in [4.69, 9.17) is 26.0 Å². The van der Waals surface area contributed by atoms with E-state index >= 15 is 0 Å². The van der Waals surface area contributed by atoms with Crippen LogP contribution in [0, 0.1) is 22.7 Å². The summed E-state index contributed by atoms with van der Waals surface area (Å²) in [6, 6.07) is 2.25. The zero-order chi connectivity index (χ0) is 30.1. The largest absolute Gasteiger partial charge is 0.486 e. The molecule has 44 heavy (non-hydrogen) atoms. The van der Waals surface area contributed by atoms with Crippen LogP contribution in [0.5, 0.6) is 5.75 Å². The number of carbonyl (C=O) groups is 1. The number of amidine groups is 1. The van der Waals surface area contributed by atoms with Crippen molar-refractivity contribution in [3.8, 4) is 28.3 Å². The number of nitrogens with two attached hydrogens (primary N) is 1. The van der Waals surface area contributed by atoms with Crippen LogP contribution >= 0.6 is 0 Å². The molecule has 3 atom stereocenters. The van der Waals surface area contributed by atoms with Gasteiger partial charge in [-0.15, -0.1) is 0 Å². The molecule has 0 aromatic carbocycles. The number of hydrogen-bond acceptors (Lipinski definition) is 7. The van der Waals surface area contributed by atoms with Crippen LogP contribution in [0.3, 0.4) is 0 Å². The zero-order valence-electron chi connectivity index (χ0n) is 24.7. The molecular weight excluding hydrogens is 556 g/mol. The summed E-state index contributed by atoms with van der Waals surface area (Å²) in [4.78, 5) is 23.5. The molecule has 3 aromatic heterocycles. The van der Waals surface area contributed by atoms with Gasteiger partial charge in [-0.05, 0) is 80.8 Å². The van der Waals surface area contributed by atoms with Crippen LogP contribution in [0.15, 0.2) is 40.8 Å². The fourth-order valence-electron chi connectivity index (χ4n) is 8.11. The van der Waals surface area contributed by atoms with Crippen molar-refractivity contribution in [3.05, 3.63) is 47.1 Å². The first kappa shape index (κ1) is 27.0. The molecule has 7 heterocycles. The van der Waals surface area contributed by atoms with E-state index in [0.717, 1.165) is 97.2 Å². The van der Waals surface area contributed by atoms with Crippen molar-refractivity contribution in [2.45, 2.75) is 82.9 Å². The molecule has 4 aliphatic heterocycles. The van der Waals surface area contributed by atoms with Crippen molar-refractivity contribution in [2.75, 3.05) is 0 Å². The maximum atomic E-state index is 13.1. The van der Waals surface area contributed by atoms with Gasteiger partial charge in [0.1, 0.15) is 30.2 Å². The third-order valence-corrected chi connectivity index (χ3v) is 10.3. The molecule has 12 heteroatoms. The van der Waals surface area contributed by atoms with Crippen LogP contribution in [0.4, 0.5) is 0 Å². The van der Waals surface area contributed by atoms with E-state index in [9.17, 15) is 10.2 Å². The molecule has 0 radical (unpaired) electrons. The minimum Gasteiger partial charge on any atom is -0.486 e. The highest BCUT2D eigenvalue weighted by Gasteiger charge is 2.46. The Morgan fingerprint density at radius 2 is 1.93 bits per heavy atom. The molecule has 226 valence electrons. The number of allylic oxidation sites excluding steroid dienone is 2. The van der Waals surface area contributed by atoms with Gasteiger partial charge in [0.2, 0.25) is 0 Å². The van der Waals surface area contributed by atoms with Crippen LogP contribution < -0.4 is 10.5 Å². The monoisotopic (exact) mass is 592 g/mol. The van der Waals surface area contributed by atoms with Crippen molar-refractivity contribution in [3.63, 3.8) is 0 Å². The van der Waals surface area contributed by atoms with E-state index in [0.29, 0.717) is 24.3 Å². The van der Waals surface area contributed by atoms with Crippen LogP contribution in [0.1, 0.15) is 75.5 Å². The summed E-state index contributed by atoms with van der Waals surface area (Å²) in [6.45, 7) is 2.69. The summed E-state index contributed by atoms with van der Waals surface area (Å²) >= 11 is 0. The maximum absolute atomic E-state index is 13.1. The fourth-order valence-corrected chi connectivity index (χ4v) is 8.11. The Morgan fingerprint density at radius 3 is 2.68 bits per heavy atom. The molecule has 5 aliphatic rings. The number of amides is 1. The standard InChI is InChI=1S/C32H36N10O2/c1-16-2-7-23(18-8-21-5-6-22(9-18)41(21)32(43)30(34)37-15-33)26(17-3-4-17)31(35)42-29(16)24(13-39-42)19-10-25-28(36-11-19)27-20(14-44-25)12-38-40-27/h10-13,15-18,21-22,35H,2-9,14H2,1H3,(H,38,40)(H3,33,34,37)/b26-23+,35-31?. The number of nitrogens with zero attached hydrogens (tertiary/aromatic N) is 6. The van der Waals surface area contributed by atoms with E-state index in [-0.39, 0.29) is 29.7 Å². The van der Waals surface area contributed by atoms with Gasteiger partial charge < -0.3 is 15.4 Å². The highest BCUT2D eigenvalue weighted by molar-refractivity contribution is 6.38. The van der Waals surface area contributed by atoms with Gasteiger partial charge in [0.25, 0.3) is 5.91 Å². The number of nitrogens with one attached hydrogen (secondary N) is 3. The van der Waals surface area contributed by atoms with Gasteiger partial charge in [-0.25, -0.2) is 9.67 Å². The van der Waals surface area contributed by atoms with Gasteiger partial charge >= 0.3 is 0 Å². The second kappa shape index (κ2) is 10.2. The summed E-state index contributed by atoms with van der Waals surface area (Å²) in [5, 5.41) is 28.8. The van der Waals surface area contributed by atoms with E-state index in [2.05, 4.69) is 22.1 Å². The van der Waals surface area contributed by atoms with Gasteiger partial charge in [0.15, 0.2) is 5.84 Å². The summed E-state index contributed by atoms with van der Waals surface area (Å²) in [5.74, 6) is 1.74. The number of aliphatic imine (C=N–C) groups is 1. The van der Waals surface area contributed by atoms with Gasteiger partial charge in [-0.3, -0.25) is 25.7 Å². The molecule has 12 nitrogen and oxygen atoms in total. The molecule has 1 amide bonds. The van der Waals surface area contributed by atoms with Crippen molar-refractivity contribution in [2.24, 2.45) is 22.6 Å². The Morgan fingerprint density at radius 1 is 1.14 bits per heavy atom. The lowest BCUT2D eigenvalue weighted by atomic mass is 9.77. The van der Waals surface area contributed by atoms with Crippen LogP contribution in [0.2, 0.25) is 0 Å². The van der Waals surface area contributed by atoms with Gasteiger partial charge in [0, 0.05) is 35.0 Å². The summed E-state index contributed by atoms with van der Waals surface area (Å²) < 4.78 is 7.92. The van der Waals surface area contributed by atoms with Crippen LogP contribution in [-0.2, 0) is 11.4 Å². The quantitative estimate of drug-likeness (QED) is 0.258. The molecule has 0 spiro atoms. The lowest BCUT2D eigenvalue weighted by molar-refractivity contribution is -0.128. The molecule has 8 rings (SSSR count). The predicted octanol–water partition coefficient (Wildman–Crippen LogP) is 4.39. The van der Waals surface area contributed by atoms with Crippen LogP contribution in [-0.4, -0.2) is 65.9 Å². The molecular formula is C32H36N10O2. The van der Waals surface area contributed by atoms with E-state index in [1.54, 1.807) is 6.20 Å². The Labute approximate surface area is 254 Å². The maximum Gasteiger partial charge on any atom is 0.289 e. The van der Waals surface area contributed by atoms with Gasteiger partial charge in [-0.1, -0.05) is 12.5 Å². The topological polar surface area (TPSA) is 175 Å². The zero-order valence-corrected chi connectivity index (χ0v) is 24.7. The third-order valence-electron chi connectivity index (χ3n) is 10.3. The minimum absolute atomic E-state index is 0.108. The average Bonchev–Trinajstić information content (AvgIpc) is 3.45. The van der Waals surface area contributed by atoms with Gasteiger partial charge in [-0.2, -0.15) is 10.2 Å². The molecule has 1 aliphatic carbocycles. The molecule has 1 saturated carbocycles. The second-order valence-corrected chi connectivity index (χ2v) is 12.9. The van der Waals surface area contributed by atoms with Crippen molar-refractivity contribution >= 4 is 23.9 Å². The Bertz CT molecular complexity index is 1750. The molecule has 3 aromatic rings. The Hall–Kier alpha value is -4.61. The number of piperidine rings is 1. The van der Waals surface area contributed by atoms with E-state index in [1.165, 1.54) is 11.1 Å². The third kappa shape index (κ3) is 4.21. The molecule has 3 unspecified atom stereocenters. The summed E-state index contributed by atoms with van der Waals surface area (Å²) in [7, 11) is 0. The number of ether oxygens (including phenoxy) is 1. The number of rotatable bonds is 4. The minimum atomic E-state index is -0.254. The number of H-pyrrole nitrogens is 1. The number of hydrogen-bond donors (Lipinski definition) is 4. The first-order valence-corrected chi connectivity index (χ1v) is 15.6. The Kier molecular flexibility index (Phi) is 6.28. The first-order chi connectivity index (χ1) is 21.4. The first-order valence-electron chi connectivity index (χ1n) is 15.6. The summed E-state index contributed by atoms with van der Waals surface area (Å²) in [6.07, 6.45) is 14.1.